The fraction of sp³-hybridized carbons (Fsp3) is 0.444. The van der Waals surface area contributed by atoms with Crippen LogP contribution in [0.1, 0.15) is 17.4 Å². The Balaban J connectivity index is 2.43. The summed E-state index contributed by atoms with van der Waals surface area (Å²) in [5.74, 6) is -0.327. The summed E-state index contributed by atoms with van der Waals surface area (Å²) >= 11 is 0. The first-order chi connectivity index (χ1) is 7.44. The second-order valence-electron chi connectivity index (χ2n) is 3.34. The van der Waals surface area contributed by atoms with Crippen LogP contribution in [0.5, 0.6) is 0 Å². The highest BCUT2D eigenvalue weighted by Gasteiger charge is 2.10. The summed E-state index contributed by atoms with van der Waals surface area (Å²) in [5.41, 5.74) is 6.22. The first-order valence-electron chi connectivity index (χ1n) is 4.87. The third-order valence-corrected chi connectivity index (χ3v) is 3.79. The van der Waals surface area contributed by atoms with E-state index < -0.39 is 9.84 Å². The molecule has 0 saturated carbocycles. The van der Waals surface area contributed by atoms with Crippen LogP contribution in [-0.4, -0.2) is 37.4 Å². The molecule has 0 bridgehead atoms. The number of nitrogen functional groups attached to an aromatic ring is 1. The fourth-order valence-corrected chi connectivity index (χ4v) is 1.80. The van der Waals surface area contributed by atoms with E-state index in [-0.39, 0.29) is 24.0 Å². The van der Waals surface area contributed by atoms with Crippen molar-refractivity contribution >= 4 is 21.4 Å². The molecule has 6 nitrogen and oxygen atoms in total. The number of nitrogens with one attached hydrogen (secondary N) is 2. The smallest absolute Gasteiger partial charge is 0.267 e. The van der Waals surface area contributed by atoms with E-state index in [1.165, 1.54) is 12.3 Å². The molecule has 0 fully saturated rings. The minimum atomic E-state index is -3.04. The normalized spacial score (nSPS) is 11.3. The summed E-state index contributed by atoms with van der Waals surface area (Å²) in [5, 5.41) is 2.50. The molecule has 1 amide bonds. The number of amides is 1. The number of anilines is 1. The van der Waals surface area contributed by atoms with E-state index in [1.807, 2.05) is 0 Å². The standard InChI is InChI=1S/C9H15N3O3S/c1-2-16(14,15)4-3-11-9(13)8-5-7(10)6-12-8/h5-6,12H,2-4,10H2,1H3,(H,11,13). The Labute approximate surface area is 94.1 Å². The highest BCUT2D eigenvalue weighted by molar-refractivity contribution is 7.91. The van der Waals surface area contributed by atoms with Crippen LogP contribution >= 0.6 is 0 Å². The molecule has 4 N–H and O–H groups in total. The van der Waals surface area contributed by atoms with Crippen molar-refractivity contribution in [2.75, 3.05) is 23.8 Å². The van der Waals surface area contributed by atoms with Gasteiger partial charge in [0, 0.05) is 24.2 Å². The van der Waals surface area contributed by atoms with Gasteiger partial charge in [-0.15, -0.1) is 0 Å². The Kier molecular flexibility index (Phi) is 3.94. The molecule has 0 atom stereocenters. The van der Waals surface area contributed by atoms with Gasteiger partial charge in [0.2, 0.25) is 0 Å². The highest BCUT2D eigenvalue weighted by atomic mass is 32.2. The number of H-pyrrole nitrogens is 1. The number of aromatic nitrogens is 1. The number of hydrogen-bond acceptors (Lipinski definition) is 4. The summed E-state index contributed by atoms with van der Waals surface area (Å²) in [4.78, 5) is 14.1. The Morgan fingerprint density at radius 2 is 2.25 bits per heavy atom. The zero-order valence-electron chi connectivity index (χ0n) is 8.99. The Bertz CT molecular complexity index is 464. The van der Waals surface area contributed by atoms with Crippen molar-refractivity contribution in [1.29, 1.82) is 0 Å². The van der Waals surface area contributed by atoms with E-state index in [1.54, 1.807) is 6.92 Å². The van der Waals surface area contributed by atoms with Crippen LogP contribution in [-0.2, 0) is 9.84 Å². The quantitative estimate of drug-likeness (QED) is 0.665. The van der Waals surface area contributed by atoms with Gasteiger partial charge in [-0.1, -0.05) is 6.92 Å². The van der Waals surface area contributed by atoms with Gasteiger partial charge < -0.3 is 16.0 Å². The van der Waals surface area contributed by atoms with Gasteiger partial charge in [0.1, 0.15) is 5.69 Å². The molecule has 1 aromatic rings. The van der Waals surface area contributed by atoms with Crippen molar-refractivity contribution < 1.29 is 13.2 Å². The lowest BCUT2D eigenvalue weighted by Crippen LogP contribution is -2.29. The fourth-order valence-electron chi connectivity index (χ4n) is 1.10. The summed E-state index contributed by atoms with van der Waals surface area (Å²) in [7, 11) is -3.04. The summed E-state index contributed by atoms with van der Waals surface area (Å²) < 4.78 is 22.3. The Hall–Kier alpha value is -1.50. The summed E-state index contributed by atoms with van der Waals surface area (Å²) in [6, 6.07) is 1.49. The minimum absolute atomic E-state index is 0.0502. The molecule has 7 heteroatoms. The highest BCUT2D eigenvalue weighted by Crippen LogP contribution is 2.03. The molecule has 0 spiro atoms. The van der Waals surface area contributed by atoms with Crippen molar-refractivity contribution in [1.82, 2.24) is 10.3 Å². The maximum atomic E-state index is 11.4. The average Bonchev–Trinajstić information content (AvgIpc) is 2.64. The van der Waals surface area contributed by atoms with E-state index in [0.717, 1.165) is 0 Å². The molecule has 0 aromatic carbocycles. The number of hydrogen-bond donors (Lipinski definition) is 3. The van der Waals surface area contributed by atoms with Crippen molar-refractivity contribution in [2.24, 2.45) is 0 Å². The molecule has 1 aromatic heterocycles. The molecule has 0 unspecified atom stereocenters. The maximum absolute atomic E-state index is 11.4. The average molecular weight is 245 g/mol. The minimum Gasteiger partial charge on any atom is -0.397 e. The number of carbonyl (C=O) groups excluding carboxylic acids is 1. The molecule has 16 heavy (non-hydrogen) atoms. The molecule has 0 aliphatic rings. The van der Waals surface area contributed by atoms with E-state index in [9.17, 15) is 13.2 Å². The predicted molar refractivity (Wildman–Crippen MR) is 61.9 cm³/mol. The number of carbonyl (C=O) groups is 1. The monoisotopic (exact) mass is 245 g/mol. The van der Waals surface area contributed by atoms with Crippen molar-refractivity contribution in [3.63, 3.8) is 0 Å². The van der Waals surface area contributed by atoms with Gasteiger partial charge in [-0.05, 0) is 6.07 Å². The second kappa shape index (κ2) is 5.02. The number of sulfone groups is 1. The van der Waals surface area contributed by atoms with Crippen molar-refractivity contribution in [2.45, 2.75) is 6.92 Å². The van der Waals surface area contributed by atoms with Crippen LogP contribution < -0.4 is 11.1 Å². The third kappa shape index (κ3) is 3.58. The van der Waals surface area contributed by atoms with E-state index in [4.69, 9.17) is 5.73 Å². The maximum Gasteiger partial charge on any atom is 0.267 e. The van der Waals surface area contributed by atoms with Gasteiger partial charge in [-0.25, -0.2) is 8.42 Å². The van der Waals surface area contributed by atoms with Crippen LogP contribution in [0.4, 0.5) is 5.69 Å². The van der Waals surface area contributed by atoms with Crippen molar-refractivity contribution in [3.8, 4) is 0 Å². The topological polar surface area (TPSA) is 105 Å². The molecule has 90 valence electrons. The molecule has 0 aliphatic heterocycles. The van der Waals surface area contributed by atoms with Crippen LogP contribution in [0.3, 0.4) is 0 Å². The van der Waals surface area contributed by atoms with Crippen LogP contribution in [0, 0.1) is 0 Å². The molecule has 0 saturated heterocycles. The zero-order valence-corrected chi connectivity index (χ0v) is 9.80. The van der Waals surface area contributed by atoms with Gasteiger partial charge in [-0.3, -0.25) is 4.79 Å². The van der Waals surface area contributed by atoms with Gasteiger partial charge in [0.15, 0.2) is 9.84 Å². The number of rotatable bonds is 5. The Morgan fingerprint density at radius 3 is 2.75 bits per heavy atom. The van der Waals surface area contributed by atoms with Gasteiger partial charge in [0.25, 0.3) is 5.91 Å². The molecule has 1 rings (SSSR count). The van der Waals surface area contributed by atoms with Crippen molar-refractivity contribution in [3.05, 3.63) is 18.0 Å². The predicted octanol–water partition coefficient (Wildman–Crippen LogP) is -0.239. The SMILES string of the molecule is CCS(=O)(=O)CCNC(=O)c1cc(N)c[nH]1. The van der Waals surface area contributed by atoms with Crippen LogP contribution in [0.15, 0.2) is 12.3 Å². The Morgan fingerprint density at radius 1 is 1.56 bits per heavy atom. The van der Waals surface area contributed by atoms with E-state index in [0.29, 0.717) is 11.4 Å². The number of nitrogens with two attached hydrogens (primary N) is 1. The molecule has 1 heterocycles. The zero-order chi connectivity index (χ0) is 12.2. The van der Waals surface area contributed by atoms with Gasteiger partial charge in [-0.2, -0.15) is 0 Å². The second-order valence-corrected chi connectivity index (χ2v) is 5.81. The van der Waals surface area contributed by atoms with Gasteiger partial charge in [0.05, 0.1) is 5.75 Å². The lowest BCUT2D eigenvalue weighted by atomic mass is 10.4. The summed E-state index contributed by atoms with van der Waals surface area (Å²) in [6.07, 6.45) is 1.50. The third-order valence-electron chi connectivity index (χ3n) is 2.09. The van der Waals surface area contributed by atoms with E-state index >= 15 is 0 Å². The first kappa shape index (κ1) is 12.6. The van der Waals surface area contributed by atoms with Gasteiger partial charge >= 0.3 is 0 Å². The largest absolute Gasteiger partial charge is 0.397 e. The van der Waals surface area contributed by atoms with Crippen LogP contribution in [0.2, 0.25) is 0 Å². The lowest BCUT2D eigenvalue weighted by Gasteiger charge is -2.03. The van der Waals surface area contributed by atoms with E-state index in [2.05, 4.69) is 10.3 Å². The molecule has 0 aliphatic carbocycles. The molecule has 0 radical (unpaired) electrons. The summed E-state index contributed by atoms with van der Waals surface area (Å²) in [6.45, 7) is 1.68. The molecular formula is C9H15N3O3S. The number of aromatic amines is 1. The first-order valence-corrected chi connectivity index (χ1v) is 6.69. The molecular weight excluding hydrogens is 230 g/mol. The lowest BCUT2D eigenvalue weighted by molar-refractivity contribution is 0.0952. The van der Waals surface area contributed by atoms with Crippen LogP contribution in [0.25, 0.3) is 0 Å².